The van der Waals surface area contributed by atoms with Crippen LogP contribution in [-0.2, 0) is 0 Å². The molecule has 21 heavy (non-hydrogen) atoms. The molecule has 1 heteroatoms. The van der Waals surface area contributed by atoms with Gasteiger partial charge in [-0.1, -0.05) is 26.0 Å². The number of allylic oxidation sites excluding steroid dienone is 2. The number of aliphatic hydroxyl groups is 1. The van der Waals surface area contributed by atoms with Crippen LogP contribution in [0.2, 0.25) is 0 Å². The lowest BCUT2D eigenvalue weighted by atomic mass is 9.45. The molecule has 7 atom stereocenters. The molecule has 0 heterocycles. The van der Waals surface area contributed by atoms with Gasteiger partial charge < -0.3 is 5.11 Å². The minimum absolute atomic E-state index is 0.176. The monoisotopic (exact) mass is 288 g/mol. The third kappa shape index (κ3) is 1.73. The van der Waals surface area contributed by atoms with E-state index in [0.717, 1.165) is 30.1 Å². The van der Waals surface area contributed by atoms with Gasteiger partial charge in [0.1, 0.15) is 0 Å². The summed E-state index contributed by atoms with van der Waals surface area (Å²) in [5.74, 6) is 3.43. The zero-order valence-corrected chi connectivity index (χ0v) is 14.1. The van der Waals surface area contributed by atoms with Crippen LogP contribution >= 0.6 is 0 Å². The summed E-state index contributed by atoms with van der Waals surface area (Å²) in [6.07, 6.45) is 15.5. The summed E-state index contributed by atoms with van der Waals surface area (Å²) in [6, 6.07) is 0. The van der Waals surface area contributed by atoms with Gasteiger partial charge in [0.2, 0.25) is 0 Å². The molecule has 118 valence electrons. The molecule has 3 fully saturated rings. The predicted molar refractivity (Wildman–Crippen MR) is 86.9 cm³/mol. The summed E-state index contributed by atoms with van der Waals surface area (Å²) < 4.78 is 0. The standard InChI is InChI=1S/C20H32O/c1-18-11-5-4-6-14(18)7-8-15-16(18)9-12-19(2)17(15)10-13-20(19,3)21/h5,11,14-17,21H,4,6-10,12-13H2,1-3H3/t14-,15-,16+,17+,18+,19+,20+/m1/s1. The molecule has 1 N–H and O–H groups in total. The SMILES string of the molecule is C[C@]12C=CCC[C@@H]1CC[C@@H]1[C@@H]2CC[C@@]2(C)[C@H]1CC[C@]2(C)O. The van der Waals surface area contributed by atoms with Crippen LogP contribution in [0.1, 0.15) is 72.1 Å². The van der Waals surface area contributed by atoms with Crippen molar-refractivity contribution in [3.8, 4) is 0 Å². The van der Waals surface area contributed by atoms with Crippen molar-refractivity contribution in [3.05, 3.63) is 12.2 Å². The van der Waals surface area contributed by atoms with Crippen LogP contribution in [-0.4, -0.2) is 10.7 Å². The predicted octanol–water partition coefficient (Wildman–Crippen LogP) is 4.95. The first kappa shape index (κ1) is 14.3. The maximum Gasteiger partial charge on any atom is 0.0675 e. The molecule has 1 nitrogen and oxygen atoms in total. The van der Waals surface area contributed by atoms with E-state index in [0.29, 0.717) is 5.41 Å². The Morgan fingerprint density at radius 2 is 1.67 bits per heavy atom. The smallest absolute Gasteiger partial charge is 0.0675 e. The Hall–Kier alpha value is -0.300. The Morgan fingerprint density at radius 3 is 2.48 bits per heavy atom. The maximum absolute atomic E-state index is 10.9. The highest BCUT2D eigenvalue weighted by Crippen LogP contribution is 2.67. The fourth-order valence-electron chi connectivity index (χ4n) is 7.06. The Kier molecular flexibility index (Phi) is 2.98. The van der Waals surface area contributed by atoms with E-state index in [9.17, 15) is 5.11 Å². The first-order chi connectivity index (χ1) is 9.88. The van der Waals surface area contributed by atoms with E-state index in [-0.39, 0.29) is 5.41 Å². The van der Waals surface area contributed by atoms with Crippen LogP contribution in [0.3, 0.4) is 0 Å². The Labute approximate surface area is 130 Å². The van der Waals surface area contributed by atoms with E-state index in [4.69, 9.17) is 0 Å². The molecule has 0 radical (unpaired) electrons. The fourth-order valence-corrected chi connectivity index (χ4v) is 7.06. The van der Waals surface area contributed by atoms with E-state index < -0.39 is 5.60 Å². The van der Waals surface area contributed by atoms with E-state index in [1.165, 1.54) is 44.9 Å². The van der Waals surface area contributed by atoms with Gasteiger partial charge in [0.25, 0.3) is 0 Å². The van der Waals surface area contributed by atoms with Crippen molar-refractivity contribution in [2.45, 2.75) is 77.7 Å². The number of hydrogen-bond acceptors (Lipinski definition) is 1. The second kappa shape index (κ2) is 4.37. The van der Waals surface area contributed by atoms with Gasteiger partial charge in [0.05, 0.1) is 5.60 Å². The lowest BCUT2D eigenvalue weighted by Gasteiger charge is -2.59. The molecule has 0 spiro atoms. The molecule has 0 aromatic heterocycles. The number of rotatable bonds is 0. The first-order valence-electron chi connectivity index (χ1n) is 9.28. The molecule has 0 aromatic carbocycles. The molecule has 0 amide bonds. The van der Waals surface area contributed by atoms with E-state index >= 15 is 0 Å². The van der Waals surface area contributed by atoms with Crippen molar-refractivity contribution in [1.82, 2.24) is 0 Å². The molecule has 0 unspecified atom stereocenters. The van der Waals surface area contributed by atoms with Crippen LogP contribution in [0.25, 0.3) is 0 Å². The van der Waals surface area contributed by atoms with Crippen molar-refractivity contribution in [3.63, 3.8) is 0 Å². The van der Waals surface area contributed by atoms with Gasteiger partial charge in [0.15, 0.2) is 0 Å². The Bertz CT molecular complexity index is 464. The summed E-state index contributed by atoms with van der Waals surface area (Å²) in [5, 5.41) is 10.9. The summed E-state index contributed by atoms with van der Waals surface area (Å²) in [4.78, 5) is 0. The topological polar surface area (TPSA) is 20.2 Å². The molecule has 0 saturated heterocycles. The Balaban J connectivity index is 1.69. The van der Waals surface area contributed by atoms with Crippen LogP contribution < -0.4 is 0 Å². The van der Waals surface area contributed by atoms with Crippen molar-refractivity contribution in [1.29, 1.82) is 0 Å². The number of fused-ring (bicyclic) bond motifs is 5. The molecule has 4 rings (SSSR count). The molecule has 4 aliphatic carbocycles. The molecular weight excluding hydrogens is 256 g/mol. The zero-order chi connectivity index (χ0) is 14.9. The molecular formula is C20H32O. The van der Waals surface area contributed by atoms with Crippen molar-refractivity contribution in [2.24, 2.45) is 34.5 Å². The third-order valence-corrected chi connectivity index (χ3v) is 8.69. The molecule has 3 saturated carbocycles. The van der Waals surface area contributed by atoms with E-state index in [1.54, 1.807) is 0 Å². The van der Waals surface area contributed by atoms with Crippen molar-refractivity contribution in [2.75, 3.05) is 0 Å². The van der Waals surface area contributed by atoms with Gasteiger partial charge in [-0.2, -0.15) is 0 Å². The minimum atomic E-state index is -0.428. The minimum Gasteiger partial charge on any atom is -0.390 e. The van der Waals surface area contributed by atoms with Crippen molar-refractivity contribution >= 4 is 0 Å². The van der Waals surface area contributed by atoms with Crippen LogP contribution in [0.15, 0.2) is 12.2 Å². The fraction of sp³-hybridized carbons (Fsp3) is 0.900. The third-order valence-electron chi connectivity index (χ3n) is 8.69. The average molecular weight is 288 g/mol. The molecule has 0 bridgehead atoms. The normalized spacial score (nSPS) is 59.2. The Morgan fingerprint density at radius 1 is 0.905 bits per heavy atom. The summed E-state index contributed by atoms with van der Waals surface area (Å²) in [5.41, 5.74) is 0.204. The summed E-state index contributed by atoms with van der Waals surface area (Å²) in [6.45, 7) is 7.06. The van der Waals surface area contributed by atoms with Crippen LogP contribution in [0.5, 0.6) is 0 Å². The molecule has 0 aromatic rings. The van der Waals surface area contributed by atoms with Gasteiger partial charge in [0, 0.05) is 0 Å². The summed E-state index contributed by atoms with van der Waals surface area (Å²) in [7, 11) is 0. The maximum atomic E-state index is 10.9. The van der Waals surface area contributed by atoms with Gasteiger partial charge in [-0.25, -0.2) is 0 Å². The lowest BCUT2D eigenvalue weighted by Crippen LogP contribution is -2.54. The largest absolute Gasteiger partial charge is 0.390 e. The van der Waals surface area contributed by atoms with Crippen molar-refractivity contribution < 1.29 is 5.11 Å². The summed E-state index contributed by atoms with van der Waals surface area (Å²) >= 11 is 0. The number of hydrogen-bond donors (Lipinski definition) is 1. The molecule has 0 aliphatic heterocycles. The highest BCUT2D eigenvalue weighted by atomic mass is 16.3. The zero-order valence-electron chi connectivity index (χ0n) is 14.1. The van der Waals surface area contributed by atoms with Gasteiger partial charge >= 0.3 is 0 Å². The van der Waals surface area contributed by atoms with E-state index in [1.807, 2.05) is 0 Å². The second-order valence-electron chi connectivity index (χ2n) is 9.27. The second-order valence-corrected chi connectivity index (χ2v) is 9.27. The average Bonchev–Trinajstić information content (AvgIpc) is 2.69. The van der Waals surface area contributed by atoms with Gasteiger partial charge in [-0.3, -0.25) is 0 Å². The van der Waals surface area contributed by atoms with Crippen LogP contribution in [0, 0.1) is 34.5 Å². The lowest BCUT2D eigenvalue weighted by molar-refractivity contribution is -0.129. The quantitative estimate of drug-likeness (QED) is 0.626. The van der Waals surface area contributed by atoms with Gasteiger partial charge in [-0.05, 0) is 92.8 Å². The molecule has 4 aliphatic rings. The highest BCUT2D eigenvalue weighted by Gasteiger charge is 2.62. The first-order valence-corrected chi connectivity index (χ1v) is 9.28. The van der Waals surface area contributed by atoms with E-state index in [2.05, 4.69) is 32.9 Å². The highest BCUT2D eigenvalue weighted by molar-refractivity contribution is 5.17. The van der Waals surface area contributed by atoms with Gasteiger partial charge in [-0.15, -0.1) is 0 Å². The van der Waals surface area contributed by atoms with Crippen LogP contribution in [0.4, 0.5) is 0 Å².